The predicted molar refractivity (Wildman–Crippen MR) is 130 cm³/mol. The molecule has 1 heterocycles. The number of nitrogens with one attached hydrogen (secondary N) is 1. The Kier molecular flexibility index (Phi) is 6.63. The molecule has 4 aromatic rings. The van der Waals surface area contributed by atoms with Crippen molar-refractivity contribution in [3.8, 4) is 6.07 Å². The Balaban J connectivity index is 1.69. The molecule has 0 atom stereocenters. The summed E-state index contributed by atoms with van der Waals surface area (Å²) in [4.78, 5) is 13.3. The molecule has 0 amide bonds. The van der Waals surface area contributed by atoms with Gasteiger partial charge in [-0.25, -0.2) is 0 Å². The minimum absolute atomic E-state index is 0.0652. The normalized spacial score (nSPS) is 11.9. The van der Waals surface area contributed by atoms with Gasteiger partial charge in [0.15, 0.2) is 0 Å². The van der Waals surface area contributed by atoms with Gasteiger partial charge < -0.3 is 4.57 Å². The van der Waals surface area contributed by atoms with Crippen molar-refractivity contribution in [3.05, 3.63) is 100 Å². The third-order valence-electron chi connectivity index (χ3n) is 5.43. The standard InChI is InChI=1S/C26H18ClF3N4O/c1-16-6-5-9-19-20(15-34(24(16)19)14-17-7-3-2-4-8-17)25(35)23(13-31)33-32-18-10-11-22(27)21(12-18)26(28,29)30/h2-12,15,32H,14H2,1H3/b33-23+. The third-order valence-corrected chi connectivity index (χ3v) is 5.76. The van der Waals surface area contributed by atoms with E-state index in [0.29, 0.717) is 11.9 Å². The first-order chi connectivity index (χ1) is 16.7. The number of aromatic nitrogens is 1. The maximum atomic E-state index is 13.3. The van der Waals surface area contributed by atoms with Crippen molar-refractivity contribution in [1.82, 2.24) is 4.57 Å². The van der Waals surface area contributed by atoms with E-state index in [9.17, 15) is 23.2 Å². The molecule has 1 N–H and O–H groups in total. The van der Waals surface area contributed by atoms with Crippen LogP contribution in [0.4, 0.5) is 18.9 Å². The lowest BCUT2D eigenvalue weighted by Crippen LogP contribution is -2.14. The van der Waals surface area contributed by atoms with Crippen LogP contribution in [0.5, 0.6) is 0 Å². The van der Waals surface area contributed by atoms with Gasteiger partial charge in [0.05, 0.1) is 27.4 Å². The zero-order chi connectivity index (χ0) is 25.2. The summed E-state index contributed by atoms with van der Waals surface area (Å²) >= 11 is 5.64. The van der Waals surface area contributed by atoms with E-state index in [4.69, 9.17) is 11.6 Å². The van der Waals surface area contributed by atoms with Gasteiger partial charge in [-0.05, 0) is 36.2 Å². The number of aryl methyl sites for hydroxylation is 1. The molecule has 0 unspecified atom stereocenters. The highest BCUT2D eigenvalue weighted by atomic mass is 35.5. The summed E-state index contributed by atoms with van der Waals surface area (Å²) in [5.41, 5.74) is 3.86. The lowest BCUT2D eigenvalue weighted by molar-refractivity contribution is -0.137. The van der Waals surface area contributed by atoms with Crippen LogP contribution in [0.2, 0.25) is 5.02 Å². The van der Waals surface area contributed by atoms with Crippen LogP contribution in [0.25, 0.3) is 10.9 Å². The first kappa shape index (κ1) is 24.0. The van der Waals surface area contributed by atoms with E-state index < -0.39 is 28.3 Å². The second-order valence-electron chi connectivity index (χ2n) is 7.83. The summed E-state index contributed by atoms with van der Waals surface area (Å²) in [6.45, 7) is 2.44. The number of nitriles is 1. The van der Waals surface area contributed by atoms with Gasteiger partial charge >= 0.3 is 6.18 Å². The molecule has 0 radical (unpaired) electrons. The van der Waals surface area contributed by atoms with Crippen molar-refractivity contribution < 1.29 is 18.0 Å². The number of hydrogen-bond donors (Lipinski definition) is 1. The molecule has 3 aromatic carbocycles. The summed E-state index contributed by atoms with van der Waals surface area (Å²) in [6, 6.07) is 20.1. The molecule has 0 aliphatic rings. The molecule has 0 fully saturated rings. The lowest BCUT2D eigenvalue weighted by atomic mass is 10.0. The van der Waals surface area contributed by atoms with Crippen molar-refractivity contribution in [2.24, 2.45) is 5.10 Å². The average Bonchev–Trinajstić information content (AvgIpc) is 3.19. The molecule has 0 aliphatic heterocycles. The summed E-state index contributed by atoms with van der Waals surface area (Å²) in [5, 5.41) is 13.6. The van der Waals surface area contributed by atoms with Crippen LogP contribution in [0, 0.1) is 18.3 Å². The average molecular weight is 495 g/mol. The fourth-order valence-electron chi connectivity index (χ4n) is 3.82. The number of fused-ring (bicyclic) bond motifs is 1. The van der Waals surface area contributed by atoms with Crippen LogP contribution in [-0.4, -0.2) is 16.1 Å². The summed E-state index contributed by atoms with van der Waals surface area (Å²) in [5.74, 6) is -0.646. The second kappa shape index (κ2) is 9.65. The molecule has 0 spiro atoms. The number of para-hydroxylation sites is 1. The van der Waals surface area contributed by atoms with Crippen LogP contribution in [0.1, 0.15) is 27.0 Å². The number of carbonyl (C=O) groups is 1. The molecule has 4 rings (SSSR count). The number of hydrogen-bond acceptors (Lipinski definition) is 4. The molecule has 9 heteroatoms. The highest BCUT2D eigenvalue weighted by Crippen LogP contribution is 2.36. The van der Waals surface area contributed by atoms with Gasteiger partial charge in [0.2, 0.25) is 11.5 Å². The van der Waals surface area contributed by atoms with Crippen molar-refractivity contribution in [1.29, 1.82) is 5.26 Å². The number of alkyl halides is 3. The fraction of sp³-hybridized carbons (Fsp3) is 0.115. The number of halogens is 4. The third kappa shape index (κ3) is 5.05. The summed E-state index contributed by atoms with van der Waals surface area (Å²) in [7, 11) is 0. The molecule has 1 aromatic heterocycles. The van der Waals surface area contributed by atoms with Gasteiger partial charge in [0, 0.05) is 18.1 Å². The van der Waals surface area contributed by atoms with E-state index in [2.05, 4.69) is 10.5 Å². The largest absolute Gasteiger partial charge is 0.417 e. The van der Waals surface area contributed by atoms with Crippen LogP contribution < -0.4 is 5.43 Å². The highest BCUT2D eigenvalue weighted by Gasteiger charge is 2.33. The number of carbonyl (C=O) groups excluding carboxylic acids is 1. The Morgan fingerprint density at radius 1 is 1.11 bits per heavy atom. The number of hydrazone groups is 1. The van der Waals surface area contributed by atoms with Crippen LogP contribution in [0.15, 0.2) is 78.0 Å². The van der Waals surface area contributed by atoms with E-state index in [1.165, 1.54) is 6.07 Å². The first-order valence-electron chi connectivity index (χ1n) is 10.5. The van der Waals surface area contributed by atoms with Gasteiger partial charge in [-0.2, -0.15) is 23.5 Å². The van der Waals surface area contributed by atoms with Gasteiger partial charge in [-0.1, -0.05) is 60.1 Å². The molecular weight excluding hydrogens is 477 g/mol. The molecule has 0 saturated carbocycles. The molecular formula is C26H18ClF3N4O. The quantitative estimate of drug-likeness (QED) is 0.181. The smallest absolute Gasteiger partial charge is 0.342 e. The van der Waals surface area contributed by atoms with Crippen LogP contribution in [-0.2, 0) is 12.7 Å². The monoisotopic (exact) mass is 494 g/mol. The maximum Gasteiger partial charge on any atom is 0.417 e. The first-order valence-corrected chi connectivity index (χ1v) is 10.8. The molecule has 5 nitrogen and oxygen atoms in total. The topological polar surface area (TPSA) is 70.2 Å². The number of benzene rings is 3. The van der Waals surface area contributed by atoms with Gasteiger partial charge in [-0.15, -0.1) is 0 Å². The highest BCUT2D eigenvalue weighted by molar-refractivity contribution is 6.53. The van der Waals surface area contributed by atoms with Crippen molar-refractivity contribution in [2.75, 3.05) is 5.43 Å². The molecule has 0 bridgehead atoms. The number of anilines is 1. The maximum absolute atomic E-state index is 13.3. The van der Waals surface area contributed by atoms with E-state index in [1.54, 1.807) is 18.3 Å². The number of Topliss-reactive ketones (excluding diaryl/α,β-unsaturated/α-hetero) is 1. The summed E-state index contributed by atoms with van der Waals surface area (Å²) < 4.78 is 41.3. The Morgan fingerprint density at radius 2 is 1.86 bits per heavy atom. The Morgan fingerprint density at radius 3 is 2.54 bits per heavy atom. The van der Waals surface area contributed by atoms with Crippen LogP contribution in [0.3, 0.4) is 0 Å². The van der Waals surface area contributed by atoms with E-state index in [1.807, 2.05) is 54.0 Å². The van der Waals surface area contributed by atoms with Gasteiger partial charge in [0.1, 0.15) is 6.07 Å². The SMILES string of the molecule is Cc1cccc2c(C(=O)/C(C#N)=N/Nc3ccc(Cl)c(C(F)(F)F)c3)cn(Cc3ccccc3)c12. The minimum atomic E-state index is -4.66. The fourth-order valence-corrected chi connectivity index (χ4v) is 4.04. The number of ketones is 1. The van der Waals surface area contributed by atoms with E-state index in [-0.39, 0.29) is 11.3 Å². The molecule has 176 valence electrons. The van der Waals surface area contributed by atoms with E-state index >= 15 is 0 Å². The van der Waals surface area contributed by atoms with Crippen molar-refractivity contribution in [2.45, 2.75) is 19.6 Å². The van der Waals surface area contributed by atoms with Crippen molar-refractivity contribution in [3.63, 3.8) is 0 Å². The van der Waals surface area contributed by atoms with Crippen molar-refractivity contribution >= 4 is 39.7 Å². The predicted octanol–water partition coefficient (Wildman–Crippen LogP) is 6.84. The molecule has 0 aliphatic carbocycles. The molecule has 35 heavy (non-hydrogen) atoms. The second-order valence-corrected chi connectivity index (χ2v) is 8.24. The Bertz CT molecular complexity index is 1480. The van der Waals surface area contributed by atoms with Crippen LogP contribution >= 0.6 is 11.6 Å². The zero-order valence-electron chi connectivity index (χ0n) is 18.4. The Hall–Kier alpha value is -4.09. The van der Waals surface area contributed by atoms with Gasteiger partial charge in [0.25, 0.3) is 0 Å². The Labute approximate surface area is 204 Å². The van der Waals surface area contributed by atoms with Gasteiger partial charge in [-0.3, -0.25) is 10.2 Å². The van der Waals surface area contributed by atoms with E-state index in [0.717, 1.165) is 28.8 Å². The number of nitrogens with zero attached hydrogens (tertiary/aromatic N) is 3. The lowest BCUT2D eigenvalue weighted by Gasteiger charge is -2.10. The minimum Gasteiger partial charge on any atom is -0.342 e. The molecule has 0 saturated heterocycles. The summed E-state index contributed by atoms with van der Waals surface area (Å²) in [6.07, 6.45) is -2.99. The number of rotatable bonds is 6. The zero-order valence-corrected chi connectivity index (χ0v) is 19.2.